The molecular formula is C16H22N6O2S. The Morgan fingerprint density at radius 3 is 2.80 bits per heavy atom. The second-order valence-electron chi connectivity index (χ2n) is 6.24. The quantitative estimate of drug-likeness (QED) is 0.831. The summed E-state index contributed by atoms with van der Waals surface area (Å²) in [5.41, 5.74) is 6.09. The summed E-state index contributed by atoms with van der Waals surface area (Å²) in [5, 5.41) is 4.08. The highest BCUT2D eigenvalue weighted by atomic mass is 32.1. The molecule has 9 heteroatoms. The number of nitrogens with zero attached hydrogens (tertiary/aromatic N) is 5. The molecule has 0 spiro atoms. The van der Waals surface area contributed by atoms with Gasteiger partial charge in [0.15, 0.2) is 0 Å². The van der Waals surface area contributed by atoms with E-state index < -0.39 is 0 Å². The zero-order valence-electron chi connectivity index (χ0n) is 14.2. The van der Waals surface area contributed by atoms with Crippen molar-refractivity contribution in [3.05, 3.63) is 28.8 Å². The first kappa shape index (κ1) is 17.5. The van der Waals surface area contributed by atoms with Crippen LogP contribution in [0.15, 0.2) is 12.4 Å². The number of nitrogens with two attached hydrogens (primary N) is 1. The molecule has 25 heavy (non-hydrogen) atoms. The van der Waals surface area contributed by atoms with Crippen LogP contribution in [-0.4, -0.2) is 48.9 Å². The van der Waals surface area contributed by atoms with Gasteiger partial charge in [-0.3, -0.25) is 9.59 Å². The van der Waals surface area contributed by atoms with Crippen molar-refractivity contribution >= 4 is 23.3 Å². The van der Waals surface area contributed by atoms with Crippen LogP contribution in [0.3, 0.4) is 0 Å². The van der Waals surface area contributed by atoms with Crippen LogP contribution in [0.25, 0.3) is 0 Å². The maximum Gasteiger partial charge on any atom is 0.267 e. The van der Waals surface area contributed by atoms with Gasteiger partial charge in [0, 0.05) is 31.4 Å². The molecule has 8 nitrogen and oxygen atoms in total. The molecule has 2 amide bonds. The Hall–Kier alpha value is -2.29. The lowest BCUT2D eigenvalue weighted by molar-refractivity contribution is -0.118. The molecule has 1 saturated heterocycles. The zero-order chi connectivity index (χ0) is 17.8. The van der Waals surface area contributed by atoms with E-state index in [0.717, 1.165) is 37.2 Å². The first-order valence-corrected chi connectivity index (χ1v) is 9.27. The van der Waals surface area contributed by atoms with Crippen LogP contribution in [0, 0.1) is 0 Å². The minimum atomic E-state index is -0.381. The van der Waals surface area contributed by atoms with Crippen molar-refractivity contribution < 1.29 is 9.59 Å². The van der Waals surface area contributed by atoms with Gasteiger partial charge in [-0.05, 0) is 30.8 Å². The van der Waals surface area contributed by atoms with Crippen molar-refractivity contribution in [2.24, 2.45) is 5.73 Å². The Kier molecular flexibility index (Phi) is 5.42. The monoisotopic (exact) mass is 362 g/mol. The van der Waals surface area contributed by atoms with Crippen LogP contribution in [0.2, 0.25) is 0 Å². The number of carbonyl (C=O) groups excluding carboxylic acids is 2. The Labute approximate surface area is 150 Å². The second kappa shape index (κ2) is 7.73. The van der Waals surface area contributed by atoms with Gasteiger partial charge >= 0.3 is 0 Å². The smallest absolute Gasteiger partial charge is 0.267 e. The Morgan fingerprint density at radius 1 is 1.36 bits per heavy atom. The molecule has 0 aliphatic carbocycles. The van der Waals surface area contributed by atoms with E-state index in [1.165, 1.54) is 11.5 Å². The Balaban J connectivity index is 1.64. The lowest BCUT2D eigenvalue weighted by atomic mass is 9.95. The van der Waals surface area contributed by atoms with Crippen molar-refractivity contribution in [1.82, 2.24) is 24.0 Å². The number of likely N-dealkylation sites (tertiary alicyclic amines) is 1. The minimum Gasteiger partial charge on any atom is -0.368 e. The van der Waals surface area contributed by atoms with Crippen LogP contribution >= 0.6 is 11.5 Å². The molecule has 2 aromatic heterocycles. The molecule has 1 aliphatic rings. The van der Waals surface area contributed by atoms with Gasteiger partial charge in [0.1, 0.15) is 17.2 Å². The number of amides is 2. The number of hydrogen-bond acceptors (Lipinski definition) is 6. The normalized spacial score (nSPS) is 15.5. The van der Waals surface area contributed by atoms with Crippen molar-refractivity contribution in [2.45, 2.75) is 45.1 Å². The number of aryl methyl sites for hydroxylation is 1. The molecular weight excluding hydrogens is 340 g/mol. The standard InChI is InChI=1S/C16H22N6O2S/c1-2-3-12-14(25-20-19-12)16(24)21-7-4-11(5-8-21)15-18-6-9-22(15)10-13(17)23/h6,9,11H,2-5,7-8,10H2,1H3,(H2,17,23). The molecule has 0 bridgehead atoms. The van der Waals surface area contributed by atoms with Gasteiger partial charge < -0.3 is 15.2 Å². The lowest BCUT2D eigenvalue weighted by Gasteiger charge is -2.31. The van der Waals surface area contributed by atoms with Gasteiger partial charge in [0.25, 0.3) is 5.91 Å². The van der Waals surface area contributed by atoms with Crippen molar-refractivity contribution in [1.29, 1.82) is 0 Å². The number of carbonyl (C=O) groups is 2. The highest BCUT2D eigenvalue weighted by molar-refractivity contribution is 7.08. The molecule has 0 saturated carbocycles. The summed E-state index contributed by atoms with van der Waals surface area (Å²) >= 11 is 1.18. The fourth-order valence-electron chi connectivity index (χ4n) is 3.24. The van der Waals surface area contributed by atoms with Crippen LogP contribution in [0.1, 0.15) is 53.3 Å². The third-order valence-corrected chi connectivity index (χ3v) is 5.21. The van der Waals surface area contributed by atoms with Gasteiger partial charge in [0.2, 0.25) is 5.91 Å². The van der Waals surface area contributed by atoms with Crippen LogP contribution in [-0.2, 0) is 17.8 Å². The number of rotatable bonds is 6. The highest BCUT2D eigenvalue weighted by Crippen LogP contribution is 2.28. The number of primary amides is 1. The van der Waals surface area contributed by atoms with Gasteiger partial charge in [-0.1, -0.05) is 17.8 Å². The van der Waals surface area contributed by atoms with Crippen molar-refractivity contribution in [3.8, 4) is 0 Å². The summed E-state index contributed by atoms with van der Waals surface area (Å²) < 4.78 is 5.74. The number of piperidine rings is 1. The summed E-state index contributed by atoms with van der Waals surface area (Å²) in [5.74, 6) is 0.746. The van der Waals surface area contributed by atoms with E-state index in [-0.39, 0.29) is 24.3 Å². The predicted molar refractivity (Wildman–Crippen MR) is 93.2 cm³/mol. The molecule has 2 N–H and O–H groups in total. The zero-order valence-corrected chi connectivity index (χ0v) is 15.0. The van der Waals surface area contributed by atoms with Crippen LogP contribution in [0.5, 0.6) is 0 Å². The fourth-order valence-corrected chi connectivity index (χ4v) is 3.91. The molecule has 1 fully saturated rings. The number of aromatic nitrogens is 4. The van der Waals surface area contributed by atoms with E-state index in [9.17, 15) is 9.59 Å². The largest absolute Gasteiger partial charge is 0.368 e. The second-order valence-corrected chi connectivity index (χ2v) is 7.00. The van der Waals surface area contributed by atoms with E-state index >= 15 is 0 Å². The third-order valence-electron chi connectivity index (χ3n) is 4.46. The number of imidazole rings is 1. The molecule has 3 heterocycles. The summed E-state index contributed by atoms with van der Waals surface area (Å²) in [6.45, 7) is 3.53. The molecule has 3 rings (SSSR count). The molecule has 1 aliphatic heterocycles. The molecule has 0 radical (unpaired) electrons. The average molecular weight is 362 g/mol. The van der Waals surface area contributed by atoms with E-state index in [1.807, 2.05) is 4.90 Å². The highest BCUT2D eigenvalue weighted by Gasteiger charge is 2.29. The summed E-state index contributed by atoms with van der Waals surface area (Å²) in [6.07, 6.45) is 6.82. The van der Waals surface area contributed by atoms with Crippen molar-refractivity contribution in [3.63, 3.8) is 0 Å². The van der Waals surface area contributed by atoms with E-state index in [4.69, 9.17) is 5.73 Å². The SMILES string of the molecule is CCCc1nnsc1C(=O)N1CCC(c2nccn2CC(N)=O)CC1. The first-order valence-electron chi connectivity index (χ1n) is 8.50. The van der Waals surface area contributed by atoms with E-state index in [0.29, 0.717) is 18.0 Å². The van der Waals surface area contributed by atoms with Gasteiger partial charge in [0.05, 0.1) is 5.69 Å². The predicted octanol–water partition coefficient (Wildman–Crippen LogP) is 1.19. The van der Waals surface area contributed by atoms with Gasteiger partial charge in [-0.25, -0.2) is 4.98 Å². The van der Waals surface area contributed by atoms with E-state index in [1.54, 1.807) is 17.0 Å². The first-order chi connectivity index (χ1) is 12.1. The Morgan fingerprint density at radius 2 is 2.12 bits per heavy atom. The molecule has 2 aromatic rings. The topological polar surface area (TPSA) is 107 Å². The fraction of sp³-hybridized carbons (Fsp3) is 0.562. The summed E-state index contributed by atoms with van der Waals surface area (Å²) in [7, 11) is 0. The maximum atomic E-state index is 12.7. The van der Waals surface area contributed by atoms with Crippen molar-refractivity contribution in [2.75, 3.05) is 13.1 Å². The van der Waals surface area contributed by atoms with Crippen LogP contribution < -0.4 is 5.73 Å². The lowest BCUT2D eigenvalue weighted by Crippen LogP contribution is -2.38. The molecule has 134 valence electrons. The van der Waals surface area contributed by atoms with Gasteiger partial charge in [-0.2, -0.15) is 0 Å². The Bertz CT molecular complexity index is 747. The summed E-state index contributed by atoms with van der Waals surface area (Å²) in [6, 6.07) is 0. The maximum absolute atomic E-state index is 12.7. The average Bonchev–Trinajstić information content (AvgIpc) is 3.24. The number of hydrogen-bond donors (Lipinski definition) is 1. The minimum absolute atomic E-state index is 0.0253. The third kappa shape index (κ3) is 3.87. The molecule has 0 aromatic carbocycles. The van der Waals surface area contributed by atoms with Gasteiger partial charge in [-0.15, -0.1) is 5.10 Å². The molecule has 0 unspecified atom stereocenters. The van der Waals surface area contributed by atoms with E-state index in [2.05, 4.69) is 21.5 Å². The summed E-state index contributed by atoms with van der Waals surface area (Å²) in [4.78, 5) is 30.8. The van der Waals surface area contributed by atoms with Crippen LogP contribution in [0.4, 0.5) is 0 Å². The molecule has 0 atom stereocenters.